The lowest BCUT2D eigenvalue weighted by Crippen LogP contribution is -2.57. The summed E-state index contributed by atoms with van der Waals surface area (Å²) in [5.41, 5.74) is 7.39. The Balaban J connectivity index is 1.56. The second kappa shape index (κ2) is 15.0. The molecule has 0 bridgehead atoms. The number of aliphatic hydroxyl groups excluding tert-OH is 1. The number of aromatic nitrogens is 2. The molecule has 45 heavy (non-hydrogen) atoms. The summed E-state index contributed by atoms with van der Waals surface area (Å²) in [6.07, 6.45) is 0.210. The van der Waals surface area contributed by atoms with E-state index < -0.39 is 34.1 Å². The van der Waals surface area contributed by atoms with E-state index in [1.54, 1.807) is 9.80 Å². The number of hydrogen-bond acceptors (Lipinski definition) is 10. The third kappa shape index (κ3) is 8.79. The lowest BCUT2D eigenvalue weighted by molar-refractivity contribution is -0.128. The smallest absolute Gasteiger partial charge is 0.321 e. The number of nitrogens with one attached hydrogen (secondary N) is 1. The van der Waals surface area contributed by atoms with Crippen LogP contribution in [0.2, 0.25) is 0 Å². The molecule has 0 aliphatic carbocycles. The molecule has 1 saturated heterocycles. The number of amides is 3. The third-order valence-corrected chi connectivity index (χ3v) is 11.4. The van der Waals surface area contributed by atoms with Gasteiger partial charge in [0.1, 0.15) is 6.04 Å². The van der Waals surface area contributed by atoms with Crippen LogP contribution in [0.15, 0.2) is 46.1 Å². The van der Waals surface area contributed by atoms with Crippen molar-refractivity contribution in [2.24, 2.45) is 11.8 Å². The van der Waals surface area contributed by atoms with E-state index in [0.29, 0.717) is 19.6 Å². The summed E-state index contributed by atoms with van der Waals surface area (Å²) >= 11 is 2.39. The molecule has 12 nitrogen and oxygen atoms in total. The van der Waals surface area contributed by atoms with Crippen LogP contribution in [-0.2, 0) is 27.8 Å². The maximum atomic E-state index is 14.0. The normalized spacial score (nSPS) is 16.2. The first kappa shape index (κ1) is 34.8. The van der Waals surface area contributed by atoms with Crippen LogP contribution >= 0.6 is 22.7 Å². The molecular weight excluding hydrogens is 635 g/mol. The lowest BCUT2D eigenvalue weighted by Gasteiger charge is -2.34. The molecule has 4 rings (SSSR count). The van der Waals surface area contributed by atoms with Gasteiger partial charge in [-0.05, 0) is 30.7 Å². The number of rotatable bonds is 15. The molecule has 1 fully saturated rings. The third-order valence-electron chi connectivity index (χ3n) is 7.53. The van der Waals surface area contributed by atoms with Crippen molar-refractivity contribution in [3.63, 3.8) is 0 Å². The summed E-state index contributed by atoms with van der Waals surface area (Å²) in [5.74, 6) is -0.667. The van der Waals surface area contributed by atoms with E-state index in [0.717, 1.165) is 27.6 Å². The van der Waals surface area contributed by atoms with Gasteiger partial charge < -0.3 is 26.0 Å². The number of carbonyl (C=O) groups is 2. The molecule has 0 spiro atoms. The number of nitrogens with zero attached hydrogens (tertiary/aromatic N) is 5. The lowest BCUT2D eigenvalue weighted by atomic mass is 9.97. The fourth-order valence-electron chi connectivity index (χ4n) is 5.44. The predicted octanol–water partition coefficient (Wildman–Crippen LogP) is 3.19. The first-order chi connectivity index (χ1) is 21.3. The van der Waals surface area contributed by atoms with Crippen molar-refractivity contribution in [3.8, 4) is 0 Å². The number of urea groups is 1. The summed E-state index contributed by atoms with van der Waals surface area (Å²) in [6.45, 7) is 10.5. The Hall–Kier alpha value is -3.11. The summed E-state index contributed by atoms with van der Waals surface area (Å²) in [4.78, 5) is 39.1. The average Bonchev–Trinajstić information content (AvgIpc) is 3.69. The van der Waals surface area contributed by atoms with Crippen LogP contribution in [0.3, 0.4) is 0 Å². The highest BCUT2D eigenvalue weighted by molar-refractivity contribution is 7.91. The van der Waals surface area contributed by atoms with Gasteiger partial charge in [-0.15, -0.1) is 11.3 Å². The van der Waals surface area contributed by atoms with Crippen LogP contribution in [0.5, 0.6) is 0 Å². The molecule has 0 radical (unpaired) electrons. The Kier molecular flexibility index (Phi) is 11.6. The minimum atomic E-state index is -4.01. The van der Waals surface area contributed by atoms with Gasteiger partial charge in [0.15, 0.2) is 9.34 Å². The van der Waals surface area contributed by atoms with Gasteiger partial charge in [0.25, 0.3) is 10.0 Å². The molecule has 3 amide bonds. The van der Waals surface area contributed by atoms with Crippen LogP contribution in [0.1, 0.15) is 44.0 Å². The van der Waals surface area contributed by atoms with Gasteiger partial charge in [0.2, 0.25) is 5.91 Å². The van der Waals surface area contributed by atoms with E-state index >= 15 is 0 Å². The summed E-state index contributed by atoms with van der Waals surface area (Å²) in [6, 6.07) is 7.49. The number of nitrogens with two attached hydrogens (primary N) is 1. The van der Waals surface area contributed by atoms with Crippen molar-refractivity contribution in [1.29, 1.82) is 0 Å². The zero-order valence-corrected chi connectivity index (χ0v) is 28.7. The number of thiazole rings is 2. The van der Waals surface area contributed by atoms with E-state index in [-0.39, 0.29) is 46.7 Å². The molecule has 1 aliphatic rings. The Bertz CT molecular complexity index is 1540. The molecule has 0 unspecified atom stereocenters. The highest BCUT2D eigenvalue weighted by Gasteiger charge is 2.40. The Morgan fingerprint density at radius 1 is 1.16 bits per heavy atom. The van der Waals surface area contributed by atoms with E-state index in [2.05, 4.69) is 15.3 Å². The van der Waals surface area contributed by atoms with Gasteiger partial charge in [0, 0.05) is 31.6 Å². The number of aliphatic hydroxyl groups is 1. The van der Waals surface area contributed by atoms with E-state index in [9.17, 15) is 23.1 Å². The van der Waals surface area contributed by atoms with E-state index in [1.165, 1.54) is 21.8 Å². The number of nitrogen functional groups attached to an aromatic ring is 1. The monoisotopic (exact) mass is 677 g/mol. The minimum absolute atomic E-state index is 0.0127. The van der Waals surface area contributed by atoms with E-state index in [1.807, 2.05) is 70.3 Å². The van der Waals surface area contributed by atoms with Crippen molar-refractivity contribution < 1.29 is 23.1 Å². The number of carbonyl (C=O) groups excluding carboxylic acids is 2. The predicted molar refractivity (Wildman–Crippen MR) is 176 cm³/mol. The fourth-order valence-corrected chi connectivity index (χ4v) is 8.74. The van der Waals surface area contributed by atoms with Crippen LogP contribution in [-0.4, -0.2) is 93.9 Å². The van der Waals surface area contributed by atoms with Crippen LogP contribution in [0.4, 0.5) is 9.93 Å². The number of hydrogen-bond donors (Lipinski definition) is 3. The van der Waals surface area contributed by atoms with Gasteiger partial charge >= 0.3 is 6.03 Å². The number of anilines is 1. The molecule has 3 aromatic rings. The molecule has 1 aromatic carbocycles. The van der Waals surface area contributed by atoms with Gasteiger partial charge in [-0.25, -0.2) is 23.2 Å². The van der Waals surface area contributed by atoms with Crippen molar-refractivity contribution in [2.45, 2.75) is 70.0 Å². The number of aryl methyl sites for hydroxylation is 1. The van der Waals surface area contributed by atoms with Crippen LogP contribution in [0, 0.1) is 18.8 Å². The Labute approximate surface area is 273 Å². The molecule has 0 saturated carbocycles. The quantitative estimate of drug-likeness (QED) is 0.221. The molecule has 4 N–H and O–H groups in total. The highest BCUT2D eigenvalue weighted by atomic mass is 32.2. The Morgan fingerprint density at radius 2 is 1.87 bits per heavy atom. The van der Waals surface area contributed by atoms with Crippen molar-refractivity contribution in [1.82, 2.24) is 29.4 Å². The highest BCUT2D eigenvalue weighted by Crippen LogP contribution is 2.26. The van der Waals surface area contributed by atoms with Gasteiger partial charge in [-0.1, -0.05) is 69.4 Å². The average molecular weight is 678 g/mol. The first-order valence-corrected chi connectivity index (χ1v) is 18.1. The fraction of sp³-hybridized carbons (Fsp3) is 0.533. The minimum Gasteiger partial charge on any atom is -0.390 e. The molecule has 1 aliphatic heterocycles. The second-order valence-corrected chi connectivity index (χ2v) is 16.3. The molecule has 3 heterocycles. The number of benzene rings is 1. The first-order valence-electron chi connectivity index (χ1n) is 15.0. The molecule has 246 valence electrons. The zero-order chi connectivity index (χ0) is 32.9. The summed E-state index contributed by atoms with van der Waals surface area (Å²) in [5, 5.41) is 17.6. The molecular formula is C30H43N7O5S3. The second-order valence-electron chi connectivity index (χ2n) is 12.0. The maximum absolute atomic E-state index is 14.0. The summed E-state index contributed by atoms with van der Waals surface area (Å²) in [7, 11) is -4.01. The number of sulfonamides is 1. The van der Waals surface area contributed by atoms with Crippen molar-refractivity contribution in [3.05, 3.63) is 58.2 Å². The van der Waals surface area contributed by atoms with Gasteiger partial charge in [-0.3, -0.25) is 4.79 Å². The van der Waals surface area contributed by atoms with Crippen molar-refractivity contribution in [2.75, 3.05) is 31.9 Å². The maximum Gasteiger partial charge on any atom is 0.321 e. The zero-order valence-electron chi connectivity index (χ0n) is 26.3. The van der Waals surface area contributed by atoms with Crippen LogP contribution in [0.25, 0.3) is 0 Å². The standard InChI is InChI=1S/C30H43N7O5S3/c1-19(2)15-36(45(41,42)26-14-32-29(31)44-26)17-25(38)24(13-22-9-7-6-8-10-22)34-28(39)27(20(3)4)37-12-11-35(30(37)40)16-23-18-43-21(5)33-23/h6-10,14,18-20,24-25,27,38H,11-13,15-17H2,1-5H3,(H2,31,32)(H,34,39)/t24-,25+,27-/m0/s1. The largest absolute Gasteiger partial charge is 0.390 e. The SMILES string of the molecule is Cc1nc(CN2CCN([C@H](C(=O)N[C@@H](Cc3ccccc3)[C@H](O)CN(CC(C)C)S(=O)(=O)c3cnc(N)s3)C(C)C)C2=O)cs1. The molecule has 3 atom stereocenters. The van der Waals surface area contributed by atoms with Gasteiger partial charge in [-0.2, -0.15) is 4.31 Å². The van der Waals surface area contributed by atoms with Crippen molar-refractivity contribution >= 4 is 49.8 Å². The molecule has 15 heteroatoms. The molecule has 2 aromatic heterocycles. The summed E-state index contributed by atoms with van der Waals surface area (Å²) < 4.78 is 28.4. The topological polar surface area (TPSA) is 162 Å². The van der Waals surface area contributed by atoms with Crippen LogP contribution < -0.4 is 11.1 Å². The van der Waals surface area contributed by atoms with E-state index in [4.69, 9.17) is 5.73 Å². The Morgan fingerprint density at radius 3 is 2.44 bits per heavy atom. The van der Waals surface area contributed by atoms with Gasteiger partial charge in [0.05, 0.1) is 35.6 Å².